The molecule has 0 radical (unpaired) electrons. The van der Waals surface area contributed by atoms with Crippen molar-refractivity contribution >= 4 is 29.3 Å². The third kappa shape index (κ3) is 9.59. The molecule has 1 fully saturated rings. The summed E-state index contributed by atoms with van der Waals surface area (Å²) in [6, 6.07) is 10.7. The zero-order valence-electron chi connectivity index (χ0n) is 23.1. The van der Waals surface area contributed by atoms with E-state index in [0.717, 1.165) is 43.9 Å². The van der Waals surface area contributed by atoms with Gasteiger partial charge in [-0.05, 0) is 55.1 Å². The van der Waals surface area contributed by atoms with Gasteiger partial charge in [0.05, 0.1) is 12.1 Å². The topological polar surface area (TPSA) is 124 Å². The fraction of sp³-hybridized carbons (Fsp3) is 0.357. The molecule has 4 N–H and O–H groups in total. The van der Waals surface area contributed by atoms with E-state index in [-0.39, 0.29) is 31.3 Å². The molecule has 4 rings (SSSR count). The molecule has 11 nitrogen and oxygen atoms in total. The summed E-state index contributed by atoms with van der Waals surface area (Å²) in [6.45, 7) is 4.50. The van der Waals surface area contributed by atoms with E-state index in [1.807, 2.05) is 0 Å². The lowest BCUT2D eigenvalue weighted by Gasteiger charge is -2.31. The van der Waals surface area contributed by atoms with E-state index in [9.17, 15) is 22.8 Å². The molecule has 42 heavy (non-hydrogen) atoms. The van der Waals surface area contributed by atoms with Crippen LogP contribution in [0, 0.1) is 0 Å². The van der Waals surface area contributed by atoms with Crippen LogP contribution >= 0.6 is 0 Å². The molecule has 0 atom stereocenters. The highest BCUT2D eigenvalue weighted by atomic mass is 19.4. The Morgan fingerprint density at radius 3 is 2.55 bits per heavy atom. The summed E-state index contributed by atoms with van der Waals surface area (Å²) < 4.78 is 44.6. The number of amides is 3. The van der Waals surface area contributed by atoms with Gasteiger partial charge in [-0.15, -0.1) is 0 Å². The van der Waals surface area contributed by atoms with Crippen LogP contribution in [0.4, 0.5) is 35.3 Å². The summed E-state index contributed by atoms with van der Waals surface area (Å²) in [4.78, 5) is 37.4. The lowest BCUT2D eigenvalue weighted by Crippen LogP contribution is -2.47. The monoisotopic (exact) mass is 586 g/mol. The second-order valence-corrected chi connectivity index (χ2v) is 9.70. The third-order valence-electron chi connectivity index (χ3n) is 6.37. The number of urea groups is 1. The first kappa shape index (κ1) is 30.5. The number of nitrogens with one attached hydrogen (secondary N) is 4. The third-order valence-corrected chi connectivity index (χ3v) is 6.37. The number of halogens is 3. The first-order valence-corrected chi connectivity index (χ1v) is 13.4. The lowest BCUT2D eigenvalue weighted by molar-refractivity contribution is -0.137. The Bertz CT molecular complexity index is 1350. The summed E-state index contributed by atoms with van der Waals surface area (Å²) >= 11 is 0. The van der Waals surface area contributed by atoms with Gasteiger partial charge in [0.1, 0.15) is 12.4 Å². The Morgan fingerprint density at radius 1 is 0.952 bits per heavy atom. The van der Waals surface area contributed by atoms with Crippen LogP contribution in [0.5, 0.6) is 5.75 Å². The molecule has 2 aromatic heterocycles. The van der Waals surface area contributed by atoms with Gasteiger partial charge in [0, 0.05) is 57.3 Å². The van der Waals surface area contributed by atoms with E-state index < -0.39 is 17.8 Å². The lowest BCUT2D eigenvalue weighted by atomic mass is 10.2. The summed E-state index contributed by atoms with van der Waals surface area (Å²) in [7, 11) is 2.06. The second kappa shape index (κ2) is 14.5. The summed E-state index contributed by atoms with van der Waals surface area (Å²) in [5.74, 6) is 1.24. The number of hydrogen-bond donors (Lipinski definition) is 4. The number of hydrogen-bond acceptors (Lipinski definition) is 8. The van der Waals surface area contributed by atoms with E-state index in [4.69, 9.17) is 4.74 Å². The number of benzene rings is 1. The van der Waals surface area contributed by atoms with E-state index in [2.05, 4.69) is 48.1 Å². The normalized spacial score (nSPS) is 14.2. The van der Waals surface area contributed by atoms with Crippen LogP contribution in [0.3, 0.4) is 0 Å². The van der Waals surface area contributed by atoms with Crippen molar-refractivity contribution < 1.29 is 27.5 Å². The molecule has 3 amide bonds. The Balaban J connectivity index is 1.21. The van der Waals surface area contributed by atoms with Crippen molar-refractivity contribution in [2.24, 2.45) is 0 Å². The van der Waals surface area contributed by atoms with Crippen molar-refractivity contribution in [3.63, 3.8) is 0 Å². The number of carbonyl (C=O) groups is 2. The predicted molar refractivity (Wildman–Crippen MR) is 152 cm³/mol. The van der Waals surface area contributed by atoms with Crippen LogP contribution in [0.15, 0.2) is 60.9 Å². The Hall–Kier alpha value is -4.43. The van der Waals surface area contributed by atoms with E-state index in [1.165, 1.54) is 12.1 Å². The fourth-order valence-corrected chi connectivity index (χ4v) is 4.13. The maximum absolute atomic E-state index is 12.9. The maximum Gasteiger partial charge on any atom is 0.416 e. The Kier molecular flexibility index (Phi) is 10.5. The van der Waals surface area contributed by atoms with Gasteiger partial charge in [-0.2, -0.15) is 13.2 Å². The van der Waals surface area contributed by atoms with E-state index >= 15 is 0 Å². The number of piperazine rings is 1. The number of aromatic nitrogens is 2. The molecule has 224 valence electrons. The molecule has 0 bridgehead atoms. The molecule has 0 saturated carbocycles. The number of ether oxygens (including phenoxy) is 1. The number of carbonyl (C=O) groups excluding carboxylic acids is 2. The quantitative estimate of drug-likeness (QED) is 0.252. The largest absolute Gasteiger partial charge is 0.485 e. The number of pyridine rings is 2. The molecule has 3 heterocycles. The molecular formula is C28H33F3N8O3. The second-order valence-electron chi connectivity index (χ2n) is 9.70. The maximum atomic E-state index is 12.9. The average molecular weight is 587 g/mol. The molecule has 1 aliphatic heterocycles. The first-order chi connectivity index (χ1) is 20.2. The van der Waals surface area contributed by atoms with Gasteiger partial charge in [0.25, 0.3) is 0 Å². The zero-order chi connectivity index (χ0) is 30.0. The van der Waals surface area contributed by atoms with Crippen LogP contribution in [0.2, 0.25) is 0 Å². The van der Waals surface area contributed by atoms with Gasteiger partial charge in [-0.3, -0.25) is 9.69 Å². The molecule has 1 saturated heterocycles. The van der Waals surface area contributed by atoms with Gasteiger partial charge in [0.2, 0.25) is 5.91 Å². The number of anilines is 3. The molecule has 3 aromatic rings. The number of alkyl halides is 3. The van der Waals surface area contributed by atoms with Crippen LogP contribution in [0.25, 0.3) is 0 Å². The van der Waals surface area contributed by atoms with Gasteiger partial charge in [-0.1, -0.05) is 6.07 Å². The number of rotatable bonds is 11. The minimum absolute atomic E-state index is 0.0320. The van der Waals surface area contributed by atoms with Crippen LogP contribution in [-0.4, -0.2) is 84.6 Å². The highest BCUT2D eigenvalue weighted by Crippen LogP contribution is 2.30. The molecule has 1 aromatic carbocycles. The molecular weight excluding hydrogens is 553 g/mol. The van der Waals surface area contributed by atoms with Crippen LogP contribution < -0.4 is 26.0 Å². The van der Waals surface area contributed by atoms with Crippen LogP contribution in [0.1, 0.15) is 11.1 Å². The van der Waals surface area contributed by atoms with Crippen molar-refractivity contribution in [2.45, 2.75) is 12.8 Å². The average Bonchev–Trinajstić information content (AvgIpc) is 2.96. The highest BCUT2D eigenvalue weighted by Gasteiger charge is 2.30. The van der Waals surface area contributed by atoms with Crippen molar-refractivity contribution in [1.82, 2.24) is 25.1 Å². The van der Waals surface area contributed by atoms with Crippen molar-refractivity contribution in [3.05, 3.63) is 72.1 Å². The van der Waals surface area contributed by atoms with E-state index in [1.54, 1.807) is 36.7 Å². The first-order valence-electron chi connectivity index (χ1n) is 13.4. The smallest absolute Gasteiger partial charge is 0.416 e. The van der Waals surface area contributed by atoms with Crippen molar-refractivity contribution in [1.29, 1.82) is 0 Å². The highest BCUT2D eigenvalue weighted by molar-refractivity contribution is 5.91. The molecule has 0 unspecified atom stereocenters. The standard InChI is InChI=1S/C28H33F3N8O3/c1-38-12-14-39(15-13-38)18-25(40)37-24-16-20(7-9-32-24)19-42-23-6-3-8-33-26(23)34-10-11-35-27(41)36-22-5-2-4-21(17-22)28(29,30)31/h2-9,16-17H,10-15,18-19H2,1H3,(H,33,34)(H,32,37,40)(H2,35,36,41). The minimum Gasteiger partial charge on any atom is -0.485 e. The van der Waals surface area contributed by atoms with Crippen LogP contribution in [-0.2, 0) is 17.6 Å². The van der Waals surface area contributed by atoms with E-state index in [0.29, 0.717) is 23.9 Å². The van der Waals surface area contributed by atoms with Gasteiger partial charge < -0.3 is 30.9 Å². The zero-order valence-corrected chi connectivity index (χ0v) is 23.1. The summed E-state index contributed by atoms with van der Waals surface area (Å²) in [5, 5.41) is 10.9. The fourth-order valence-electron chi connectivity index (χ4n) is 4.13. The van der Waals surface area contributed by atoms with Gasteiger partial charge in [-0.25, -0.2) is 14.8 Å². The number of nitrogens with zero attached hydrogens (tertiary/aromatic N) is 4. The Morgan fingerprint density at radius 2 is 1.76 bits per heavy atom. The number of likely N-dealkylation sites (N-methyl/N-ethyl adjacent to an activating group) is 1. The van der Waals surface area contributed by atoms with Crippen molar-refractivity contribution in [2.75, 3.05) is 68.8 Å². The SMILES string of the molecule is CN1CCN(CC(=O)Nc2cc(COc3cccnc3NCCNC(=O)Nc3cccc(C(F)(F)F)c3)ccn2)CC1. The molecule has 0 spiro atoms. The summed E-state index contributed by atoms with van der Waals surface area (Å²) in [5.41, 5.74) is -0.0224. The molecule has 0 aliphatic carbocycles. The predicted octanol–water partition coefficient (Wildman–Crippen LogP) is 3.49. The summed E-state index contributed by atoms with van der Waals surface area (Å²) in [6.07, 6.45) is -1.31. The Labute approximate surface area is 241 Å². The van der Waals surface area contributed by atoms with Gasteiger partial charge >= 0.3 is 12.2 Å². The van der Waals surface area contributed by atoms with Gasteiger partial charge in [0.15, 0.2) is 11.6 Å². The molecule has 14 heteroatoms. The molecule has 1 aliphatic rings. The van der Waals surface area contributed by atoms with Crippen molar-refractivity contribution in [3.8, 4) is 5.75 Å². The minimum atomic E-state index is -4.50.